The Morgan fingerprint density at radius 3 is 2.15 bits per heavy atom. The first-order valence-electron chi connectivity index (χ1n) is 15.5. The Kier molecular flexibility index (Phi) is 8.32. The van der Waals surface area contributed by atoms with Gasteiger partial charge in [-0.3, -0.25) is 4.55 Å². The lowest BCUT2D eigenvalue weighted by Crippen LogP contribution is -2.05. The quantitative estimate of drug-likeness (QED) is 0.135. The van der Waals surface area contributed by atoms with Crippen LogP contribution >= 0.6 is 0 Å². The van der Waals surface area contributed by atoms with Gasteiger partial charge in [0.1, 0.15) is 16.2 Å². The number of rotatable bonds is 7. The second kappa shape index (κ2) is 12.2. The van der Waals surface area contributed by atoms with E-state index in [1.165, 1.54) is 11.6 Å². The fourth-order valence-corrected chi connectivity index (χ4v) is 6.83. The number of benzene rings is 5. The highest BCUT2D eigenvalue weighted by Gasteiger charge is 2.24. The summed E-state index contributed by atoms with van der Waals surface area (Å²) in [6.45, 7) is 12.8. The summed E-state index contributed by atoms with van der Waals surface area (Å²) in [6.07, 6.45) is 0. The Balaban J connectivity index is 1.63. The van der Waals surface area contributed by atoms with Gasteiger partial charge in [-0.25, -0.2) is 4.99 Å². The summed E-state index contributed by atoms with van der Waals surface area (Å²) in [5, 5.41) is 5.05. The zero-order valence-electron chi connectivity index (χ0n) is 26.9. The van der Waals surface area contributed by atoms with Gasteiger partial charge in [0.05, 0.1) is 11.0 Å². The Morgan fingerprint density at radius 1 is 0.739 bits per heavy atom. The zero-order valence-corrected chi connectivity index (χ0v) is 27.7. The van der Waals surface area contributed by atoms with Gasteiger partial charge in [-0.15, -0.1) is 0 Å². The van der Waals surface area contributed by atoms with Crippen molar-refractivity contribution in [3.05, 3.63) is 125 Å². The van der Waals surface area contributed by atoms with Crippen molar-refractivity contribution >= 4 is 38.1 Å². The number of para-hydroxylation sites is 2. The monoisotopic (exact) mass is 630 g/mol. The van der Waals surface area contributed by atoms with E-state index < -0.39 is 10.1 Å². The molecule has 0 bridgehead atoms. The molecule has 1 aliphatic carbocycles. The van der Waals surface area contributed by atoms with Gasteiger partial charge in [0.2, 0.25) is 0 Å². The Labute approximate surface area is 270 Å². The van der Waals surface area contributed by atoms with Crippen LogP contribution in [0.5, 0.6) is 0 Å². The first kappa shape index (κ1) is 31.3. The smallest absolute Gasteiger partial charge is 0.295 e. The Bertz CT molecular complexity index is 2250. The molecule has 1 aliphatic heterocycles. The third kappa shape index (κ3) is 5.96. The highest BCUT2D eigenvalue weighted by Crippen LogP contribution is 2.43. The molecule has 0 saturated carbocycles. The van der Waals surface area contributed by atoms with E-state index in [2.05, 4.69) is 83.3 Å². The maximum Gasteiger partial charge on any atom is 0.295 e. The lowest BCUT2D eigenvalue weighted by atomic mass is 9.93. The molecule has 0 unspecified atom stereocenters. The first-order chi connectivity index (χ1) is 21.9. The van der Waals surface area contributed by atoms with E-state index in [-0.39, 0.29) is 4.90 Å². The summed E-state index contributed by atoms with van der Waals surface area (Å²) in [6, 6.07) is 30.6. The molecule has 4 aromatic rings. The van der Waals surface area contributed by atoms with E-state index in [9.17, 15) is 13.0 Å². The molecule has 6 nitrogen and oxygen atoms in total. The molecule has 4 aromatic carbocycles. The number of hydrogen-bond donors (Lipinski definition) is 2. The summed E-state index contributed by atoms with van der Waals surface area (Å²) >= 11 is 0. The Morgan fingerprint density at radius 2 is 1.43 bits per heavy atom. The minimum absolute atomic E-state index is 0.164. The van der Waals surface area contributed by atoms with Crippen molar-refractivity contribution in [3.63, 3.8) is 0 Å². The van der Waals surface area contributed by atoms with E-state index in [1.807, 2.05) is 36.4 Å². The van der Waals surface area contributed by atoms with E-state index in [0.717, 1.165) is 39.1 Å². The SMILES string of the molecule is Cc1cccc(C(C)C)c1N=c1ccc2c(-c3ccccc3S(=O)(=O)O)c3ccc(Nc4c(C)cccc4C(C)C)cc3oc-2c1. The maximum atomic E-state index is 12.6. The average Bonchev–Trinajstić information content (AvgIpc) is 3.01. The van der Waals surface area contributed by atoms with Gasteiger partial charge >= 0.3 is 0 Å². The van der Waals surface area contributed by atoms with Gasteiger partial charge in [0.25, 0.3) is 10.1 Å². The van der Waals surface area contributed by atoms with Crippen molar-refractivity contribution in [2.45, 2.75) is 58.3 Å². The molecular formula is C39H38N2O4S. The fraction of sp³-hybridized carbons (Fsp3) is 0.205. The second-order valence-corrected chi connectivity index (χ2v) is 13.8. The summed E-state index contributed by atoms with van der Waals surface area (Å²) in [4.78, 5) is 4.89. The molecule has 0 spiro atoms. The lowest BCUT2D eigenvalue weighted by molar-refractivity contribution is 0.483. The zero-order chi connectivity index (χ0) is 32.7. The van der Waals surface area contributed by atoms with Gasteiger partial charge in [-0.05, 0) is 78.3 Å². The van der Waals surface area contributed by atoms with Crippen LogP contribution in [-0.2, 0) is 10.1 Å². The van der Waals surface area contributed by atoms with Crippen LogP contribution in [0.15, 0.2) is 111 Å². The van der Waals surface area contributed by atoms with E-state index >= 15 is 0 Å². The van der Waals surface area contributed by atoms with Crippen molar-refractivity contribution in [1.82, 2.24) is 0 Å². The normalized spacial score (nSPS) is 12.5. The molecule has 234 valence electrons. The average molecular weight is 631 g/mol. The second-order valence-electron chi connectivity index (χ2n) is 12.4. The van der Waals surface area contributed by atoms with Gasteiger partial charge in [-0.2, -0.15) is 8.42 Å². The number of anilines is 2. The highest BCUT2D eigenvalue weighted by atomic mass is 32.2. The molecule has 0 fully saturated rings. The van der Waals surface area contributed by atoms with Crippen LogP contribution < -0.4 is 10.7 Å². The number of hydrogen-bond acceptors (Lipinski definition) is 5. The summed E-state index contributed by atoms with van der Waals surface area (Å²) in [7, 11) is -4.51. The number of aryl methyl sites for hydroxylation is 2. The molecule has 2 aliphatic rings. The molecule has 7 heteroatoms. The van der Waals surface area contributed by atoms with Gasteiger partial charge in [-0.1, -0.05) is 82.3 Å². The Hall–Kier alpha value is -4.72. The minimum Gasteiger partial charge on any atom is -0.456 e. The third-order valence-corrected chi connectivity index (χ3v) is 9.38. The van der Waals surface area contributed by atoms with Gasteiger partial charge in [0.15, 0.2) is 0 Å². The van der Waals surface area contributed by atoms with Crippen LogP contribution in [0.3, 0.4) is 0 Å². The van der Waals surface area contributed by atoms with Crippen molar-refractivity contribution in [3.8, 4) is 22.5 Å². The fourth-order valence-electron chi connectivity index (χ4n) is 6.13. The van der Waals surface area contributed by atoms with E-state index in [1.54, 1.807) is 18.2 Å². The van der Waals surface area contributed by atoms with Crippen molar-refractivity contribution < 1.29 is 17.4 Å². The van der Waals surface area contributed by atoms with Gasteiger partial charge < -0.3 is 9.73 Å². The first-order valence-corrected chi connectivity index (χ1v) is 16.9. The van der Waals surface area contributed by atoms with Crippen LogP contribution in [0.1, 0.15) is 61.8 Å². The molecule has 6 rings (SSSR count). The minimum atomic E-state index is -4.51. The van der Waals surface area contributed by atoms with Crippen molar-refractivity contribution in [2.75, 3.05) is 5.32 Å². The number of fused-ring (bicyclic) bond motifs is 2. The lowest BCUT2D eigenvalue weighted by Gasteiger charge is -2.19. The molecule has 0 atom stereocenters. The number of nitrogens with zero attached hydrogens (tertiary/aromatic N) is 1. The maximum absolute atomic E-state index is 12.6. The van der Waals surface area contributed by atoms with Crippen LogP contribution in [0.2, 0.25) is 0 Å². The largest absolute Gasteiger partial charge is 0.456 e. The number of nitrogens with one attached hydrogen (secondary N) is 1. The predicted octanol–water partition coefficient (Wildman–Crippen LogP) is 10.3. The predicted molar refractivity (Wildman–Crippen MR) is 187 cm³/mol. The van der Waals surface area contributed by atoms with Crippen LogP contribution in [0, 0.1) is 13.8 Å². The van der Waals surface area contributed by atoms with Crippen LogP contribution in [0.4, 0.5) is 17.1 Å². The molecule has 1 heterocycles. The molecule has 2 N–H and O–H groups in total. The van der Waals surface area contributed by atoms with Crippen molar-refractivity contribution in [1.29, 1.82) is 0 Å². The molecule has 0 amide bonds. The molecule has 0 saturated heterocycles. The van der Waals surface area contributed by atoms with E-state index in [4.69, 9.17) is 9.41 Å². The van der Waals surface area contributed by atoms with E-state index in [0.29, 0.717) is 45.3 Å². The molecule has 46 heavy (non-hydrogen) atoms. The van der Waals surface area contributed by atoms with Crippen LogP contribution in [-0.4, -0.2) is 13.0 Å². The van der Waals surface area contributed by atoms with Crippen molar-refractivity contribution in [2.24, 2.45) is 4.99 Å². The standard InChI is InChI=1S/C39H38N2O4S/c1-23(2)29-14-9-11-25(5)38(29)40-27-17-19-31-34(21-27)45-35-22-28(41-39-26(6)12-10-15-30(39)24(3)4)18-20-32(35)37(31)33-13-7-8-16-36(33)46(42,43)44/h7-24,40H,1-6H3,(H,42,43,44). The third-order valence-electron chi connectivity index (χ3n) is 8.47. The van der Waals surface area contributed by atoms with Crippen LogP contribution in [0.25, 0.3) is 33.4 Å². The summed E-state index contributed by atoms with van der Waals surface area (Å²) in [5.41, 5.74) is 9.71. The molecule has 0 aromatic heterocycles. The molecule has 0 radical (unpaired) electrons. The summed E-state index contributed by atoms with van der Waals surface area (Å²) < 4.78 is 41.9. The molecular weight excluding hydrogens is 593 g/mol. The van der Waals surface area contributed by atoms with Gasteiger partial charge in [0, 0.05) is 45.6 Å². The summed E-state index contributed by atoms with van der Waals surface area (Å²) in [5.74, 6) is 1.17. The highest BCUT2D eigenvalue weighted by molar-refractivity contribution is 7.86. The topological polar surface area (TPSA) is 91.9 Å².